The van der Waals surface area contributed by atoms with Crippen molar-refractivity contribution in [2.75, 3.05) is 0 Å². The van der Waals surface area contributed by atoms with E-state index in [0.29, 0.717) is 5.39 Å². The number of fused-ring (bicyclic) bond motifs is 2. The normalized spacial score (nSPS) is 14.7. The molecule has 2 aromatic heterocycles. The molecule has 5 aromatic rings. The third kappa shape index (κ3) is 4.67. The zero-order chi connectivity index (χ0) is 26.2. The third-order valence-electron chi connectivity index (χ3n) is 7.67. The van der Waals surface area contributed by atoms with Crippen LogP contribution in [-0.2, 0) is 6.54 Å². The molecule has 0 N–H and O–H groups in total. The maximum atomic E-state index is 13.7. The minimum Gasteiger partial charge on any atom is -0.340 e. The SMILES string of the molecule is Cc1c(C=Nn2c(C3CCCCC3)nc3ccccc3c2=O)c2ccccc2n1Cc1ccc(Br)cc1Br. The van der Waals surface area contributed by atoms with Crippen LogP contribution in [0.5, 0.6) is 0 Å². The van der Waals surface area contributed by atoms with Crippen LogP contribution < -0.4 is 5.56 Å². The second kappa shape index (κ2) is 10.6. The smallest absolute Gasteiger partial charge is 0.282 e. The number of aromatic nitrogens is 3. The minimum atomic E-state index is -0.104. The Morgan fingerprint density at radius 3 is 2.50 bits per heavy atom. The molecule has 1 fully saturated rings. The maximum Gasteiger partial charge on any atom is 0.282 e. The van der Waals surface area contributed by atoms with Crippen molar-refractivity contribution in [2.24, 2.45) is 5.10 Å². The first-order chi connectivity index (χ1) is 18.5. The molecule has 0 amide bonds. The highest BCUT2D eigenvalue weighted by Crippen LogP contribution is 2.32. The molecule has 0 aliphatic heterocycles. The Morgan fingerprint density at radius 2 is 1.71 bits per heavy atom. The van der Waals surface area contributed by atoms with E-state index < -0.39 is 0 Å². The zero-order valence-electron chi connectivity index (χ0n) is 21.2. The monoisotopic (exact) mass is 630 g/mol. The number of benzene rings is 3. The number of para-hydroxylation sites is 2. The summed E-state index contributed by atoms with van der Waals surface area (Å²) in [6, 6.07) is 22.2. The van der Waals surface area contributed by atoms with Crippen molar-refractivity contribution >= 4 is 59.9 Å². The van der Waals surface area contributed by atoms with E-state index in [1.807, 2.05) is 30.5 Å². The second-order valence-electron chi connectivity index (χ2n) is 10.0. The molecule has 0 bridgehead atoms. The number of hydrogen-bond donors (Lipinski definition) is 0. The highest BCUT2D eigenvalue weighted by atomic mass is 79.9. The van der Waals surface area contributed by atoms with E-state index in [9.17, 15) is 4.79 Å². The van der Waals surface area contributed by atoms with Gasteiger partial charge in [0, 0.05) is 43.6 Å². The summed E-state index contributed by atoms with van der Waals surface area (Å²) in [5.74, 6) is 1.03. The Kier molecular flexibility index (Phi) is 7.06. The van der Waals surface area contributed by atoms with E-state index in [0.717, 1.165) is 74.7 Å². The predicted molar refractivity (Wildman–Crippen MR) is 162 cm³/mol. The van der Waals surface area contributed by atoms with Gasteiger partial charge in [-0.2, -0.15) is 9.78 Å². The van der Waals surface area contributed by atoms with Crippen molar-refractivity contribution in [3.63, 3.8) is 0 Å². The lowest BCUT2D eigenvalue weighted by Crippen LogP contribution is -2.25. The van der Waals surface area contributed by atoms with E-state index in [2.05, 4.69) is 85.8 Å². The van der Waals surface area contributed by atoms with Gasteiger partial charge in [-0.1, -0.05) is 87.5 Å². The van der Waals surface area contributed by atoms with Gasteiger partial charge in [-0.3, -0.25) is 4.79 Å². The van der Waals surface area contributed by atoms with Gasteiger partial charge in [0.2, 0.25) is 0 Å². The molecule has 1 aliphatic rings. The average molecular weight is 632 g/mol. The number of halogens is 2. The van der Waals surface area contributed by atoms with E-state index >= 15 is 0 Å². The van der Waals surface area contributed by atoms with Gasteiger partial charge < -0.3 is 4.57 Å². The summed E-state index contributed by atoms with van der Waals surface area (Å²) in [5, 5.41) is 6.56. The molecule has 0 spiro atoms. The molecule has 5 nitrogen and oxygen atoms in total. The van der Waals surface area contributed by atoms with Gasteiger partial charge in [0.25, 0.3) is 5.56 Å². The van der Waals surface area contributed by atoms with Crippen LogP contribution in [0.15, 0.2) is 85.6 Å². The summed E-state index contributed by atoms with van der Waals surface area (Å²) in [6.07, 6.45) is 7.51. The first-order valence-corrected chi connectivity index (χ1v) is 14.7. The van der Waals surface area contributed by atoms with Crippen LogP contribution in [0.25, 0.3) is 21.8 Å². The van der Waals surface area contributed by atoms with E-state index in [1.54, 1.807) is 4.68 Å². The fourth-order valence-electron chi connectivity index (χ4n) is 5.64. The molecule has 192 valence electrons. The van der Waals surface area contributed by atoms with Crippen LogP contribution in [-0.4, -0.2) is 20.4 Å². The zero-order valence-corrected chi connectivity index (χ0v) is 24.4. The van der Waals surface area contributed by atoms with Crippen molar-refractivity contribution in [3.8, 4) is 0 Å². The first kappa shape index (κ1) is 25.3. The van der Waals surface area contributed by atoms with Gasteiger partial charge in [0.1, 0.15) is 5.82 Å². The molecule has 0 atom stereocenters. The lowest BCUT2D eigenvalue weighted by Gasteiger charge is -2.22. The van der Waals surface area contributed by atoms with Crippen LogP contribution in [0.2, 0.25) is 0 Å². The Morgan fingerprint density at radius 1 is 0.974 bits per heavy atom. The van der Waals surface area contributed by atoms with Crippen molar-refractivity contribution in [2.45, 2.75) is 51.5 Å². The highest BCUT2D eigenvalue weighted by molar-refractivity contribution is 9.11. The number of rotatable bonds is 5. The third-order valence-corrected chi connectivity index (χ3v) is 8.91. The Hall–Kier alpha value is -3.03. The summed E-state index contributed by atoms with van der Waals surface area (Å²) in [5.41, 5.74) is 5.09. The van der Waals surface area contributed by atoms with Crippen LogP contribution in [0.4, 0.5) is 0 Å². The van der Waals surface area contributed by atoms with Gasteiger partial charge in [0.05, 0.1) is 17.1 Å². The molecule has 0 saturated heterocycles. The van der Waals surface area contributed by atoms with Gasteiger partial charge >= 0.3 is 0 Å². The predicted octanol–water partition coefficient (Wildman–Crippen LogP) is 8.16. The van der Waals surface area contributed by atoms with Crippen molar-refractivity contribution in [1.29, 1.82) is 0 Å². The Balaban J connectivity index is 1.48. The largest absolute Gasteiger partial charge is 0.340 e. The molecule has 2 heterocycles. The van der Waals surface area contributed by atoms with Gasteiger partial charge in [-0.25, -0.2) is 4.98 Å². The highest BCUT2D eigenvalue weighted by Gasteiger charge is 2.22. The van der Waals surface area contributed by atoms with Crippen LogP contribution in [0.1, 0.15) is 60.7 Å². The Labute approximate surface area is 238 Å². The van der Waals surface area contributed by atoms with Crippen molar-refractivity contribution in [3.05, 3.63) is 109 Å². The summed E-state index contributed by atoms with van der Waals surface area (Å²) in [7, 11) is 0. The van der Waals surface area contributed by atoms with Gasteiger partial charge in [0.15, 0.2) is 0 Å². The molecule has 6 rings (SSSR count). The molecule has 1 saturated carbocycles. The minimum absolute atomic E-state index is 0.104. The lowest BCUT2D eigenvalue weighted by molar-refractivity contribution is 0.416. The topological polar surface area (TPSA) is 52.2 Å². The molecule has 0 unspecified atom stereocenters. The summed E-state index contributed by atoms with van der Waals surface area (Å²) in [6.45, 7) is 2.84. The molecule has 0 radical (unpaired) electrons. The molecule has 1 aliphatic carbocycles. The Bertz CT molecular complexity index is 1740. The first-order valence-electron chi connectivity index (χ1n) is 13.1. The standard InChI is InChI=1S/C31H28Br2N4O/c1-20-26(24-11-6-8-14-29(24)36(20)19-22-15-16-23(32)17-27(22)33)18-34-37-30(21-9-3-2-4-10-21)35-28-13-7-5-12-25(28)31(37)38/h5-8,11-18,21H,2-4,9-10,19H2,1H3. The van der Waals surface area contributed by atoms with Gasteiger partial charge in [-0.15, -0.1) is 0 Å². The van der Waals surface area contributed by atoms with Crippen LogP contribution in [0, 0.1) is 6.92 Å². The number of hydrogen-bond acceptors (Lipinski definition) is 3. The quantitative estimate of drug-likeness (QED) is 0.184. The average Bonchev–Trinajstić information content (AvgIpc) is 3.20. The van der Waals surface area contributed by atoms with E-state index in [4.69, 9.17) is 10.1 Å². The fourth-order valence-corrected chi connectivity index (χ4v) is 6.81. The molecule has 3 aromatic carbocycles. The molecular formula is C31H28Br2N4O. The molecule has 38 heavy (non-hydrogen) atoms. The maximum absolute atomic E-state index is 13.7. The summed E-state index contributed by atoms with van der Waals surface area (Å²) >= 11 is 7.27. The molecular weight excluding hydrogens is 604 g/mol. The fraction of sp³-hybridized carbons (Fsp3) is 0.258. The summed E-state index contributed by atoms with van der Waals surface area (Å²) in [4.78, 5) is 18.6. The lowest BCUT2D eigenvalue weighted by atomic mass is 9.88. The molecule has 7 heteroatoms. The summed E-state index contributed by atoms with van der Waals surface area (Å²) < 4.78 is 5.98. The van der Waals surface area contributed by atoms with Crippen LogP contribution >= 0.6 is 31.9 Å². The number of nitrogens with zero attached hydrogens (tertiary/aromatic N) is 4. The van der Waals surface area contributed by atoms with Crippen LogP contribution in [0.3, 0.4) is 0 Å². The van der Waals surface area contributed by atoms with E-state index in [1.165, 1.54) is 12.0 Å². The van der Waals surface area contributed by atoms with E-state index in [-0.39, 0.29) is 11.5 Å². The van der Waals surface area contributed by atoms with Gasteiger partial charge in [-0.05, 0) is 55.7 Å². The van der Waals surface area contributed by atoms with Crippen molar-refractivity contribution in [1.82, 2.24) is 14.2 Å². The second-order valence-corrected chi connectivity index (χ2v) is 11.8. The van der Waals surface area contributed by atoms with Crippen molar-refractivity contribution < 1.29 is 0 Å².